The molecule has 27 heavy (non-hydrogen) atoms. The molecule has 2 amide bonds. The minimum atomic E-state index is -0.504. The average molecular weight is 369 g/mol. The van der Waals surface area contributed by atoms with Gasteiger partial charge < -0.3 is 20.5 Å². The van der Waals surface area contributed by atoms with E-state index in [2.05, 4.69) is 10.6 Å². The molecule has 2 atom stereocenters. The standard InChI is InChI=1S/C20H23N3O4/c1-12(15-5-8-17-18(11-15)27-10-9-26-17)22-13(2)20(25)23-16-6-3-14(4-7-16)19(21)24/h3-8,11-13,22H,9-10H2,1-2H3,(H2,21,24)(H,23,25)/t12-,13-/m0/s1. The average Bonchev–Trinajstić information content (AvgIpc) is 2.67. The van der Waals surface area contributed by atoms with Gasteiger partial charge in [-0.25, -0.2) is 0 Å². The molecular formula is C20H23N3O4. The van der Waals surface area contributed by atoms with Crippen molar-refractivity contribution in [2.75, 3.05) is 18.5 Å². The molecule has 0 aromatic heterocycles. The van der Waals surface area contributed by atoms with Gasteiger partial charge in [0.1, 0.15) is 13.2 Å². The number of ether oxygens (including phenoxy) is 2. The van der Waals surface area contributed by atoms with Crippen LogP contribution in [0.3, 0.4) is 0 Å². The summed E-state index contributed by atoms with van der Waals surface area (Å²) in [6.45, 7) is 4.86. The number of hydrogen-bond donors (Lipinski definition) is 3. The van der Waals surface area contributed by atoms with Crippen LogP contribution in [-0.2, 0) is 4.79 Å². The highest BCUT2D eigenvalue weighted by Crippen LogP contribution is 2.32. The quantitative estimate of drug-likeness (QED) is 0.725. The van der Waals surface area contributed by atoms with Crippen molar-refractivity contribution in [2.45, 2.75) is 25.9 Å². The first-order valence-electron chi connectivity index (χ1n) is 8.80. The van der Waals surface area contributed by atoms with E-state index in [0.717, 1.165) is 17.1 Å². The Morgan fingerprint density at radius 3 is 2.33 bits per heavy atom. The smallest absolute Gasteiger partial charge is 0.248 e. The first kappa shape index (κ1) is 18.7. The van der Waals surface area contributed by atoms with E-state index in [0.29, 0.717) is 24.5 Å². The van der Waals surface area contributed by atoms with Gasteiger partial charge in [-0.1, -0.05) is 6.07 Å². The van der Waals surface area contributed by atoms with Crippen LogP contribution in [0.1, 0.15) is 35.8 Å². The van der Waals surface area contributed by atoms with Crippen LogP contribution in [0.4, 0.5) is 5.69 Å². The van der Waals surface area contributed by atoms with E-state index in [1.54, 1.807) is 31.2 Å². The third-order valence-corrected chi connectivity index (χ3v) is 4.40. The second-order valence-corrected chi connectivity index (χ2v) is 6.44. The Morgan fingerprint density at radius 2 is 1.67 bits per heavy atom. The first-order chi connectivity index (χ1) is 12.9. The summed E-state index contributed by atoms with van der Waals surface area (Å²) >= 11 is 0. The van der Waals surface area contributed by atoms with E-state index in [1.807, 2.05) is 25.1 Å². The van der Waals surface area contributed by atoms with Crippen LogP contribution in [0, 0.1) is 0 Å². The summed E-state index contributed by atoms with van der Waals surface area (Å²) in [4.78, 5) is 23.5. The van der Waals surface area contributed by atoms with E-state index < -0.39 is 11.9 Å². The van der Waals surface area contributed by atoms with Crippen molar-refractivity contribution in [2.24, 2.45) is 5.73 Å². The zero-order chi connectivity index (χ0) is 19.4. The van der Waals surface area contributed by atoms with Crippen LogP contribution in [0.25, 0.3) is 0 Å². The number of benzene rings is 2. The summed E-state index contributed by atoms with van der Waals surface area (Å²) in [6, 6.07) is 11.7. The number of hydrogen-bond acceptors (Lipinski definition) is 5. The second kappa shape index (κ2) is 8.09. The molecule has 3 rings (SSSR count). The fourth-order valence-electron chi connectivity index (χ4n) is 2.84. The molecule has 7 heteroatoms. The molecule has 1 aliphatic heterocycles. The lowest BCUT2D eigenvalue weighted by molar-refractivity contribution is -0.117. The molecule has 0 unspecified atom stereocenters. The van der Waals surface area contributed by atoms with E-state index in [9.17, 15) is 9.59 Å². The predicted molar refractivity (Wildman–Crippen MR) is 102 cm³/mol. The monoisotopic (exact) mass is 369 g/mol. The molecule has 142 valence electrons. The maximum atomic E-state index is 12.4. The molecule has 0 bridgehead atoms. The number of nitrogens with one attached hydrogen (secondary N) is 2. The lowest BCUT2D eigenvalue weighted by atomic mass is 10.1. The maximum absolute atomic E-state index is 12.4. The van der Waals surface area contributed by atoms with Gasteiger partial charge in [-0.3, -0.25) is 14.9 Å². The van der Waals surface area contributed by atoms with Crippen molar-refractivity contribution in [3.63, 3.8) is 0 Å². The molecule has 7 nitrogen and oxygen atoms in total. The van der Waals surface area contributed by atoms with Crippen LogP contribution in [0.15, 0.2) is 42.5 Å². The molecule has 4 N–H and O–H groups in total. The number of primary amides is 1. The van der Waals surface area contributed by atoms with Gasteiger partial charge >= 0.3 is 0 Å². The summed E-state index contributed by atoms with van der Waals surface area (Å²) in [7, 11) is 0. The summed E-state index contributed by atoms with van der Waals surface area (Å²) in [6.07, 6.45) is 0. The Hall–Kier alpha value is -3.06. The highest BCUT2D eigenvalue weighted by atomic mass is 16.6. The largest absolute Gasteiger partial charge is 0.486 e. The minimum absolute atomic E-state index is 0.0567. The first-order valence-corrected chi connectivity index (χ1v) is 8.80. The van der Waals surface area contributed by atoms with Crippen molar-refractivity contribution < 1.29 is 19.1 Å². The molecule has 0 fully saturated rings. The highest BCUT2D eigenvalue weighted by molar-refractivity contribution is 5.96. The van der Waals surface area contributed by atoms with Crippen molar-refractivity contribution >= 4 is 17.5 Å². The zero-order valence-corrected chi connectivity index (χ0v) is 15.3. The predicted octanol–water partition coefficient (Wildman–Crippen LogP) is 2.23. The number of carbonyl (C=O) groups is 2. The molecule has 1 aliphatic rings. The summed E-state index contributed by atoms with van der Waals surface area (Å²) in [5.41, 5.74) is 7.21. The fraction of sp³-hybridized carbons (Fsp3) is 0.300. The van der Waals surface area contributed by atoms with Crippen LogP contribution < -0.4 is 25.8 Å². The highest BCUT2D eigenvalue weighted by Gasteiger charge is 2.19. The van der Waals surface area contributed by atoms with Crippen LogP contribution in [-0.4, -0.2) is 31.1 Å². The Kier molecular flexibility index (Phi) is 5.61. The number of rotatable bonds is 6. The molecule has 0 saturated carbocycles. The molecule has 2 aromatic rings. The zero-order valence-electron chi connectivity index (χ0n) is 15.3. The number of fused-ring (bicyclic) bond motifs is 1. The lowest BCUT2D eigenvalue weighted by Crippen LogP contribution is -2.39. The Bertz CT molecular complexity index is 836. The van der Waals surface area contributed by atoms with Crippen molar-refractivity contribution in [3.05, 3.63) is 53.6 Å². The summed E-state index contributed by atoms with van der Waals surface area (Å²) < 4.78 is 11.1. The molecule has 2 aromatic carbocycles. The number of carbonyl (C=O) groups excluding carboxylic acids is 2. The minimum Gasteiger partial charge on any atom is -0.486 e. The van der Waals surface area contributed by atoms with E-state index in [4.69, 9.17) is 15.2 Å². The Morgan fingerprint density at radius 1 is 1.00 bits per heavy atom. The Balaban J connectivity index is 1.59. The maximum Gasteiger partial charge on any atom is 0.248 e. The van der Waals surface area contributed by atoms with Gasteiger partial charge in [-0.05, 0) is 55.8 Å². The lowest BCUT2D eigenvalue weighted by Gasteiger charge is -2.23. The number of amides is 2. The van der Waals surface area contributed by atoms with Crippen LogP contribution in [0.2, 0.25) is 0 Å². The molecule has 0 spiro atoms. The topological polar surface area (TPSA) is 103 Å². The van der Waals surface area contributed by atoms with E-state index in [-0.39, 0.29) is 11.9 Å². The van der Waals surface area contributed by atoms with Gasteiger partial charge in [0.2, 0.25) is 11.8 Å². The third kappa shape index (κ3) is 4.57. The molecule has 1 heterocycles. The van der Waals surface area contributed by atoms with Crippen molar-refractivity contribution in [1.82, 2.24) is 5.32 Å². The fourth-order valence-corrected chi connectivity index (χ4v) is 2.84. The van der Waals surface area contributed by atoms with Crippen molar-refractivity contribution in [3.8, 4) is 11.5 Å². The van der Waals surface area contributed by atoms with E-state index in [1.165, 1.54) is 0 Å². The Labute approximate surface area is 157 Å². The van der Waals surface area contributed by atoms with Crippen molar-refractivity contribution in [1.29, 1.82) is 0 Å². The number of anilines is 1. The van der Waals surface area contributed by atoms with Gasteiger partial charge in [0.05, 0.1) is 6.04 Å². The summed E-state index contributed by atoms with van der Waals surface area (Å²) in [5.74, 6) is 0.781. The molecule has 0 aliphatic carbocycles. The van der Waals surface area contributed by atoms with Gasteiger partial charge in [-0.15, -0.1) is 0 Å². The SMILES string of the molecule is C[C@H](N[C@@H](C)c1ccc2c(c1)OCCO2)C(=O)Nc1ccc(C(N)=O)cc1. The third-order valence-electron chi connectivity index (χ3n) is 4.40. The second-order valence-electron chi connectivity index (χ2n) is 6.44. The normalized spacial score (nSPS) is 14.9. The van der Waals surface area contributed by atoms with Gasteiger partial charge in [0.25, 0.3) is 0 Å². The molecule has 0 radical (unpaired) electrons. The summed E-state index contributed by atoms with van der Waals surface area (Å²) in [5, 5.41) is 6.09. The van der Waals surface area contributed by atoms with Gasteiger partial charge in [0.15, 0.2) is 11.5 Å². The molecule has 0 saturated heterocycles. The van der Waals surface area contributed by atoms with E-state index >= 15 is 0 Å². The van der Waals surface area contributed by atoms with Crippen LogP contribution in [0.5, 0.6) is 11.5 Å². The van der Waals surface area contributed by atoms with Gasteiger partial charge in [0, 0.05) is 17.3 Å². The van der Waals surface area contributed by atoms with Crippen LogP contribution >= 0.6 is 0 Å². The van der Waals surface area contributed by atoms with Gasteiger partial charge in [-0.2, -0.15) is 0 Å². The number of nitrogens with two attached hydrogens (primary N) is 1. The molecular weight excluding hydrogens is 346 g/mol.